The van der Waals surface area contributed by atoms with Crippen molar-refractivity contribution in [2.45, 2.75) is 6.18 Å². The molecule has 0 aliphatic carbocycles. The minimum atomic E-state index is -4.78. The van der Waals surface area contributed by atoms with Crippen molar-refractivity contribution < 1.29 is 22.7 Å². The van der Waals surface area contributed by atoms with Crippen molar-refractivity contribution in [3.05, 3.63) is 34.2 Å². The van der Waals surface area contributed by atoms with Crippen LogP contribution in [0.15, 0.2) is 23.1 Å². The van der Waals surface area contributed by atoms with Gasteiger partial charge in [0.25, 0.3) is 5.56 Å². The van der Waals surface area contributed by atoms with E-state index >= 15 is 0 Å². The molecule has 0 saturated carbocycles. The Balaban J connectivity index is 3.37. The predicted octanol–water partition coefficient (Wildman–Crippen LogP) is 1.48. The maximum absolute atomic E-state index is 12.2. The van der Waals surface area contributed by atoms with E-state index in [1.165, 1.54) is 0 Å². The molecule has 0 N–H and O–H groups in total. The Morgan fingerprint density at radius 1 is 1.47 bits per heavy atom. The van der Waals surface area contributed by atoms with Gasteiger partial charge in [0.1, 0.15) is 5.56 Å². The molecule has 0 unspecified atom stereocenters. The van der Waals surface area contributed by atoms with Crippen LogP contribution in [0.3, 0.4) is 0 Å². The van der Waals surface area contributed by atoms with Crippen molar-refractivity contribution in [2.75, 3.05) is 7.11 Å². The van der Waals surface area contributed by atoms with E-state index in [2.05, 4.69) is 4.74 Å². The Kier molecular flexibility index (Phi) is 2.83. The number of aromatic nitrogens is 1. The van der Waals surface area contributed by atoms with Crippen molar-refractivity contribution in [2.24, 2.45) is 0 Å². The van der Waals surface area contributed by atoms with Crippen LogP contribution in [0.5, 0.6) is 0 Å². The van der Waals surface area contributed by atoms with Crippen LogP contribution in [-0.4, -0.2) is 17.8 Å². The fraction of sp³-hybridized carbons (Fsp3) is 0.250. The summed E-state index contributed by atoms with van der Waals surface area (Å²) >= 11 is 0. The summed E-state index contributed by atoms with van der Waals surface area (Å²) in [4.78, 5) is 22.0. The van der Waals surface area contributed by atoms with Crippen molar-refractivity contribution in [3.63, 3.8) is 0 Å². The van der Waals surface area contributed by atoms with Crippen LogP contribution in [0.1, 0.15) is 5.56 Å². The highest BCUT2D eigenvalue weighted by Gasteiger charge is 2.34. The van der Waals surface area contributed by atoms with Gasteiger partial charge in [-0.3, -0.25) is 4.79 Å². The van der Waals surface area contributed by atoms with Crippen LogP contribution in [0, 0.1) is 0 Å². The second-order valence-electron chi connectivity index (χ2n) is 2.56. The van der Waals surface area contributed by atoms with Crippen molar-refractivity contribution in [3.8, 4) is 0 Å². The quantitative estimate of drug-likeness (QED) is 0.666. The zero-order valence-electron chi connectivity index (χ0n) is 7.54. The van der Waals surface area contributed by atoms with Crippen LogP contribution in [0.4, 0.5) is 18.0 Å². The number of carbonyl (C=O) groups is 1. The Morgan fingerprint density at radius 3 is 2.53 bits per heavy atom. The van der Waals surface area contributed by atoms with E-state index in [1.807, 2.05) is 0 Å². The van der Waals surface area contributed by atoms with Gasteiger partial charge in [0.2, 0.25) is 0 Å². The van der Waals surface area contributed by atoms with Gasteiger partial charge in [-0.15, -0.1) is 0 Å². The first kappa shape index (κ1) is 11.3. The molecule has 1 aromatic heterocycles. The molecule has 82 valence electrons. The first-order valence-electron chi connectivity index (χ1n) is 3.75. The molecule has 0 fully saturated rings. The predicted molar refractivity (Wildman–Crippen MR) is 43.5 cm³/mol. The van der Waals surface area contributed by atoms with Crippen molar-refractivity contribution >= 4 is 6.09 Å². The lowest BCUT2D eigenvalue weighted by Gasteiger charge is -2.07. The zero-order chi connectivity index (χ0) is 11.6. The smallest absolute Gasteiger partial charge is 0.421 e. The number of pyridine rings is 1. The summed E-state index contributed by atoms with van der Waals surface area (Å²) < 4.78 is 41.1. The Hall–Kier alpha value is -1.79. The average Bonchev–Trinajstić information content (AvgIpc) is 2.15. The molecule has 0 bridgehead atoms. The number of nitrogens with zero attached hydrogens (tertiary/aromatic N) is 1. The number of carbonyl (C=O) groups excluding carboxylic acids is 1. The number of hydrogen-bond donors (Lipinski definition) is 0. The molecular weight excluding hydrogens is 215 g/mol. The molecule has 0 radical (unpaired) electrons. The minimum absolute atomic E-state index is 0.253. The summed E-state index contributed by atoms with van der Waals surface area (Å²) in [5, 5.41) is 0. The van der Waals surface area contributed by atoms with Gasteiger partial charge in [-0.2, -0.15) is 13.2 Å². The molecule has 15 heavy (non-hydrogen) atoms. The van der Waals surface area contributed by atoms with Gasteiger partial charge in [-0.05, 0) is 12.1 Å². The van der Waals surface area contributed by atoms with Gasteiger partial charge in [0.15, 0.2) is 0 Å². The molecule has 0 atom stereocenters. The van der Waals surface area contributed by atoms with Gasteiger partial charge in [0, 0.05) is 6.20 Å². The fourth-order valence-corrected chi connectivity index (χ4v) is 0.952. The van der Waals surface area contributed by atoms with E-state index in [0.29, 0.717) is 6.07 Å². The van der Waals surface area contributed by atoms with Crippen LogP contribution in [-0.2, 0) is 10.9 Å². The molecule has 0 saturated heterocycles. The number of hydrogen-bond acceptors (Lipinski definition) is 3. The first-order valence-corrected chi connectivity index (χ1v) is 3.75. The highest BCUT2D eigenvalue weighted by atomic mass is 19.4. The fourth-order valence-electron chi connectivity index (χ4n) is 0.952. The maximum atomic E-state index is 12.2. The lowest BCUT2D eigenvalue weighted by Crippen LogP contribution is -2.32. The number of alkyl halides is 3. The molecule has 7 heteroatoms. The van der Waals surface area contributed by atoms with Gasteiger partial charge in [0.05, 0.1) is 7.11 Å². The lowest BCUT2D eigenvalue weighted by molar-refractivity contribution is -0.138. The summed E-state index contributed by atoms with van der Waals surface area (Å²) in [5.74, 6) is 0. The third kappa shape index (κ3) is 2.17. The molecule has 0 aliphatic rings. The largest absolute Gasteiger partial charge is 0.452 e. The zero-order valence-corrected chi connectivity index (χ0v) is 7.54. The molecule has 1 rings (SSSR count). The minimum Gasteiger partial charge on any atom is -0.452 e. The molecule has 1 aromatic rings. The van der Waals surface area contributed by atoms with Gasteiger partial charge in [-0.25, -0.2) is 9.36 Å². The number of rotatable bonds is 0. The summed E-state index contributed by atoms with van der Waals surface area (Å²) in [5.41, 5.74) is -2.85. The molecule has 1 heterocycles. The topological polar surface area (TPSA) is 48.3 Å². The van der Waals surface area contributed by atoms with Gasteiger partial charge < -0.3 is 4.74 Å². The maximum Gasteiger partial charge on any atom is 0.421 e. The third-order valence-corrected chi connectivity index (χ3v) is 1.62. The van der Waals surface area contributed by atoms with Crippen LogP contribution in [0.2, 0.25) is 0 Å². The van der Waals surface area contributed by atoms with Crippen molar-refractivity contribution in [1.29, 1.82) is 0 Å². The first-order chi connectivity index (χ1) is 6.88. The summed E-state index contributed by atoms with van der Waals surface area (Å²) in [6.45, 7) is 0. The van der Waals surface area contributed by atoms with Crippen LogP contribution >= 0.6 is 0 Å². The molecule has 0 aromatic carbocycles. The second-order valence-corrected chi connectivity index (χ2v) is 2.56. The lowest BCUT2D eigenvalue weighted by atomic mass is 10.3. The summed E-state index contributed by atoms with van der Waals surface area (Å²) in [6.07, 6.45) is -5.04. The highest BCUT2D eigenvalue weighted by Crippen LogP contribution is 2.25. The summed E-state index contributed by atoms with van der Waals surface area (Å²) in [7, 11) is 0.967. The molecule has 4 nitrogen and oxygen atoms in total. The van der Waals surface area contributed by atoms with E-state index in [0.717, 1.165) is 19.4 Å². The molecule has 0 amide bonds. The average molecular weight is 221 g/mol. The van der Waals surface area contributed by atoms with Crippen molar-refractivity contribution in [1.82, 2.24) is 4.57 Å². The molecule has 0 spiro atoms. The number of halogens is 3. The third-order valence-electron chi connectivity index (χ3n) is 1.62. The monoisotopic (exact) mass is 221 g/mol. The SMILES string of the molecule is COC(=O)n1cccc(C(F)(F)F)c1=O. The standard InChI is InChI=1S/C8H6F3NO3/c1-15-7(14)12-4-2-3-5(6(12)13)8(9,10)11/h2-4H,1H3. The Labute approximate surface area is 81.9 Å². The molecular formula is C8H6F3NO3. The van der Waals surface area contributed by atoms with E-state index in [9.17, 15) is 22.8 Å². The van der Waals surface area contributed by atoms with E-state index < -0.39 is 23.4 Å². The van der Waals surface area contributed by atoms with E-state index in [-0.39, 0.29) is 4.57 Å². The van der Waals surface area contributed by atoms with Crippen LogP contribution in [0.25, 0.3) is 0 Å². The van der Waals surface area contributed by atoms with E-state index in [1.54, 1.807) is 0 Å². The number of ether oxygens (including phenoxy) is 1. The van der Waals surface area contributed by atoms with E-state index in [4.69, 9.17) is 0 Å². The Morgan fingerprint density at radius 2 is 2.07 bits per heavy atom. The van der Waals surface area contributed by atoms with Gasteiger partial charge in [-0.1, -0.05) is 0 Å². The Bertz CT molecular complexity index is 435. The normalized spacial score (nSPS) is 11.2. The highest BCUT2D eigenvalue weighted by molar-refractivity contribution is 5.70. The second kappa shape index (κ2) is 3.76. The number of methoxy groups -OCH3 is 1. The van der Waals surface area contributed by atoms with Crippen LogP contribution < -0.4 is 5.56 Å². The summed E-state index contributed by atoms with van der Waals surface area (Å²) in [6, 6.07) is 1.54. The van der Waals surface area contributed by atoms with Gasteiger partial charge >= 0.3 is 12.3 Å². The molecule has 0 aliphatic heterocycles.